The number of amides is 1. The molecule has 4 nitrogen and oxygen atoms in total. The zero-order chi connectivity index (χ0) is 10.9. The Balaban J connectivity index is 2.71. The molecule has 3 atom stereocenters. The predicted octanol–water partition coefficient (Wildman–Crippen LogP) is -0.258. The standard InChI is InChI=1S/C10H21N3O/c1-7-5-12(3)6-9(11)10(7)13(4)8(2)14/h7,9-10H,5-6,11H2,1-4H3/t7-,9+,10-/m0/s1. The molecule has 0 aliphatic carbocycles. The number of piperidine rings is 1. The quantitative estimate of drug-likeness (QED) is 0.633. The van der Waals surface area contributed by atoms with Gasteiger partial charge in [-0.3, -0.25) is 4.79 Å². The summed E-state index contributed by atoms with van der Waals surface area (Å²) >= 11 is 0. The second-order valence-corrected chi connectivity index (χ2v) is 4.48. The number of carbonyl (C=O) groups is 1. The summed E-state index contributed by atoms with van der Waals surface area (Å²) in [7, 11) is 3.91. The Morgan fingerprint density at radius 2 is 2.07 bits per heavy atom. The lowest BCUT2D eigenvalue weighted by molar-refractivity contribution is -0.132. The highest BCUT2D eigenvalue weighted by atomic mass is 16.2. The average molecular weight is 199 g/mol. The first-order valence-corrected chi connectivity index (χ1v) is 5.11. The van der Waals surface area contributed by atoms with Crippen LogP contribution in [-0.2, 0) is 4.79 Å². The van der Waals surface area contributed by atoms with Gasteiger partial charge in [0.05, 0.1) is 6.04 Å². The lowest BCUT2D eigenvalue weighted by Crippen LogP contribution is -2.61. The molecular weight excluding hydrogens is 178 g/mol. The normalized spacial score (nSPS) is 34.2. The lowest BCUT2D eigenvalue weighted by atomic mass is 9.89. The maximum Gasteiger partial charge on any atom is 0.219 e. The Hall–Kier alpha value is -0.610. The van der Waals surface area contributed by atoms with Crippen LogP contribution < -0.4 is 5.73 Å². The van der Waals surface area contributed by atoms with Crippen LogP contribution in [-0.4, -0.2) is 55.0 Å². The van der Waals surface area contributed by atoms with Gasteiger partial charge in [-0.05, 0) is 13.0 Å². The fourth-order valence-electron chi connectivity index (χ4n) is 2.44. The van der Waals surface area contributed by atoms with Crippen molar-refractivity contribution in [2.24, 2.45) is 11.7 Å². The van der Waals surface area contributed by atoms with Crippen LogP contribution in [0.5, 0.6) is 0 Å². The molecule has 0 saturated carbocycles. The molecule has 2 N–H and O–H groups in total. The van der Waals surface area contributed by atoms with E-state index in [1.807, 2.05) is 7.05 Å². The molecule has 0 aromatic rings. The Bertz CT molecular complexity index is 207. The van der Waals surface area contributed by atoms with E-state index in [-0.39, 0.29) is 18.0 Å². The molecule has 1 amide bonds. The van der Waals surface area contributed by atoms with Crippen molar-refractivity contribution in [1.29, 1.82) is 0 Å². The van der Waals surface area contributed by atoms with Crippen LogP contribution in [0.1, 0.15) is 13.8 Å². The highest BCUT2D eigenvalue weighted by Crippen LogP contribution is 2.19. The number of likely N-dealkylation sites (N-methyl/N-ethyl adjacent to an activating group) is 2. The molecule has 1 aliphatic heterocycles. The summed E-state index contributed by atoms with van der Waals surface area (Å²) in [5, 5.41) is 0. The van der Waals surface area contributed by atoms with Crippen molar-refractivity contribution >= 4 is 5.91 Å². The molecule has 1 heterocycles. The van der Waals surface area contributed by atoms with Gasteiger partial charge in [0.1, 0.15) is 0 Å². The van der Waals surface area contributed by atoms with E-state index in [1.54, 1.807) is 11.8 Å². The van der Waals surface area contributed by atoms with E-state index >= 15 is 0 Å². The first-order valence-electron chi connectivity index (χ1n) is 5.11. The third-order valence-corrected chi connectivity index (χ3v) is 3.09. The SMILES string of the molecule is CC(=O)N(C)[C@@H]1[C@H](N)CN(C)C[C@@H]1C. The summed E-state index contributed by atoms with van der Waals surface area (Å²) in [6.45, 7) is 5.62. The van der Waals surface area contributed by atoms with Gasteiger partial charge in [0.15, 0.2) is 0 Å². The second kappa shape index (κ2) is 4.28. The first kappa shape index (κ1) is 11.5. The van der Waals surface area contributed by atoms with Gasteiger partial charge in [-0.2, -0.15) is 0 Å². The van der Waals surface area contributed by atoms with Gasteiger partial charge in [-0.15, -0.1) is 0 Å². The molecule has 1 saturated heterocycles. The number of likely N-dealkylation sites (tertiary alicyclic amines) is 1. The smallest absolute Gasteiger partial charge is 0.219 e. The Labute approximate surface area is 86.0 Å². The summed E-state index contributed by atoms with van der Waals surface area (Å²) in [4.78, 5) is 15.3. The fourth-order valence-corrected chi connectivity index (χ4v) is 2.44. The minimum absolute atomic E-state index is 0.0673. The molecule has 0 unspecified atom stereocenters. The first-order chi connectivity index (χ1) is 6.43. The molecule has 0 spiro atoms. The lowest BCUT2D eigenvalue weighted by Gasteiger charge is -2.43. The van der Waals surface area contributed by atoms with Crippen molar-refractivity contribution in [2.75, 3.05) is 27.2 Å². The van der Waals surface area contributed by atoms with E-state index in [0.717, 1.165) is 13.1 Å². The van der Waals surface area contributed by atoms with Gasteiger partial charge >= 0.3 is 0 Å². The highest BCUT2D eigenvalue weighted by Gasteiger charge is 2.34. The van der Waals surface area contributed by atoms with Crippen LogP contribution in [0.25, 0.3) is 0 Å². The Kier molecular flexibility index (Phi) is 3.50. The van der Waals surface area contributed by atoms with Crippen LogP contribution in [0.3, 0.4) is 0 Å². The van der Waals surface area contributed by atoms with Gasteiger partial charge in [0.25, 0.3) is 0 Å². The molecule has 0 aromatic carbocycles. The molecule has 82 valence electrons. The molecule has 0 bridgehead atoms. The zero-order valence-electron chi connectivity index (χ0n) is 9.53. The van der Waals surface area contributed by atoms with Crippen LogP contribution in [0.15, 0.2) is 0 Å². The number of rotatable bonds is 1. The van der Waals surface area contributed by atoms with E-state index in [4.69, 9.17) is 5.73 Å². The van der Waals surface area contributed by atoms with Crippen LogP contribution in [0.2, 0.25) is 0 Å². The van der Waals surface area contributed by atoms with E-state index in [0.29, 0.717) is 5.92 Å². The fraction of sp³-hybridized carbons (Fsp3) is 0.900. The van der Waals surface area contributed by atoms with Gasteiger partial charge < -0.3 is 15.5 Å². The minimum atomic E-state index is 0.0673. The summed E-state index contributed by atoms with van der Waals surface area (Å²) in [5.74, 6) is 0.541. The van der Waals surface area contributed by atoms with Gasteiger partial charge in [0.2, 0.25) is 5.91 Å². The van der Waals surface area contributed by atoms with Crippen molar-refractivity contribution in [1.82, 2.24) is 9.80 Å². The zero-order valence-corrected chi connectivity index (χ0v) is 9.53. The monoisotopic (exact) mass is 199 g/mol. The Morgan fingerprint density at radius 1 is 1.50 bits per heavy atom. The van der Waals surface area contributed by atoms with Crippen molar-refractivity contribution in [3.05, 3.63) is 0 Å². The molecule has 1 aliphatic rings. The van der Waals surface area contributed by atoms with Crippen LogP contribution in [0, 0.1) is 5.92 Å². The van der Waals surface area contributed by atoms with Gasteiger partial charge in [0, 0.05) is 33.1 Å². The molecule has 0 radical (unpaired) electrons. The van der Waals surface area contributed by atoms with Crippen LogP contribution in [0.4, 0.5) is 0 Å². The van der Waals surface area contributed by atoms with E-state index in [2.05, 4.69) is 18.9 Å². The molecule has 0 aromatic heterocycles. The Morgan fingerprint density at radius 3 is 2.50 bits per heavy atom. The summed E-state index contributed by atoms with van der Waals surface area (Å²) in [6, 6.07) is 0.251. The minimum Gasteiger partial charge on any atom is -0.341 e. The van der Waals surface area contributed by atoms with Crippen molar-refractivity contribution in [2.45, 2.75) is 25.9 Å². The van der Waals surface area contributed by atoms with Crippen molar-refractivity contribution in [3.8, 4) is 0 Å². The molecular formula is C10H21N3O. The topological polar surface area (TPSA) is 49.6 Å². The number of hydrogen-bond acceptors (Lipinski definition) is 3. The van der Waals surface area contributed by atoms with Gasteiger partial charge in [-0.25, -0.2) is 0 Å². The van der Waals surface area contributed by atoms with E-state index in [1.165, 1.54) is 0 Å². The number of nitrogens with zero attached hydrogens (tertiary/aromatic N) is 2. The molecule has 1 rings (SSSR count). The molecule has 1 fully saturated rings. The van der Waals surface area contributed by atoms with Crippen molar-refractivity contribution in [3.63, 3.8) is 0 Å². The third kappa shape index (κ3) is 2.25. The van der Waals surface area contributed by atoms with Gasteiger partial charge in [-0.1, -0.05) is 6.92 Å². The molecule has 4 heteroatoms. The van der Waals surface area contributed by atoms with E-state index < -0.39 is 0 Å². The summed E-state index contributed by atoms with van der Waals surface area (Å²) < 4.78 is 0. The van der Waals surface area contributed by atoms with E-state index in [9.17, 15) is 4.79 Å². The number of nitrogens with two attached hydrogens (primary N) is 1. The number of carbonyl (C=O) groups excluding carboxylic acids is 1. The maximum atomic E-state index is 11.3. The van der Waals surface area contributed by atoms with Crippen LogP contribution >= 0.6 is 0 Å². The second-order valence-electron chi connectivity index (χ2n) is 4.48. The van der Waals surface area contributed by atoms with Crippen molar-refractivity contribution < 1.29 is 4.79 Å². The average Bonchev–Trinajstić information content (AvgIpc) is 2.01. The largest absolute Gasteiger partial charge is 0.341 e. The molecule has 14 heavy (non-hydrogen) atoms. The predicted molar refractivity (Wildman–Crippen MR) is 56.9 cm³/mol. The third-order valence-electron chi connectivity index (χ3n) is 3.09. The number of hydrogen-bond donors (Lipinski definition) is 1. The maximum absolute atomic E-state index is 11.3. The summed E-state index contributed by atoms with van der Waals surface area (Å²) in [5.41, 5.74) is 6.06. The highest BCUT2D eigenvalue weighted by molar-refractivity contribution is 5.73. The summed E-state index contributed by atoms with van der Waals surface area (Å²) in [6.07, 6.45) is 0.